The summed E-state index contributed by atoms with van der Waals surface area (Å²) in [5.41, 5.74) is 1.83. The van der Waals surface area contributed by atoms with Crippen LogP contribution < -0.4 is 10.2 Å². The van der Waals surface area contributed by atoms with E-state index in [-0.39, 0.29) is 23.7 Å². The molecule has 0 atom stereocenters. The number of carbonyl (C=O) groups is 2. The molecule has 4 rings (SSSR count). The molecular formula is C21H20ClN5O4. The molecule has 0 spiro atoms. The first-order valence-electron chi connectivity index (χ1n) is 9.74. The van der Waals surface area contributed by atoms with Gasteiger partial charge < -0.3 is 20.1 Å². The number of anilines is 1. The van der Waals surface area contributed by atoms with E-state index in [4.69, 9.17) is 11.6 Å². The van der Waals surface area contributed by atoms with Crippen molar-refractivity contribution in [2.75, 3.05) is 37.6 Å². The van der Waals surface area contributed by atoms with Crippen molar-refractivity contribution >= 4 is 45.7 Å². The summed E-state index contributed by atoms with van der Waals surface area (Å²) in [6, 6.07) is 11.8. The SMILES string of the molecule is O=C(NCC(=O)N1CCN(c2ccc(Cl)cc2)CC1)c1c[nH]c2ccc([N+](=O)[O-])cc12. The van der Waals surface area contributed by atoms with Gasteiger partial charge in [-0.3, -0.25) is 19.7 Å². The molecule has 31 heavy (non-hydrogen) atoms. The lowest BCUT2D eigenvalue weighted by molar-refractivity contribution is -0.384. The Morgan fingerprint density at radius 3 is 2.48 bits per heavy atom. The number of amides is 2. The van der Waals surface area contributed by atoms with E-state index < -0.39 is 10.8 Å². The van der Waals surface area contributed by atoms with E-state index in [1.165, 1.54) is 18.3 Å². The van der Waals surface area contributed by atoms with Crippen molar-refractivity contribution in [3.8, 4) is 0 Å². The van der Waals surface area contributed by atoms with Gasteiger partial charge in [0.15, 0.2) is 0 Å². The number of rotatable bonds is 5. The molecule has 1 aliphatic heterocycles. The number of carbonyl (C=O) groups excluding carboxylic acids is 2. The van der Waals surface area contributed by atoms with Gasteiger partial charge in [-0.05, 0) is 30.3 Å². The van der Waals surface area contributed by atoms with Crippen molar-refractivity contribution < 1.29 is 14.5 Å². The fourth-order valence-electron chi connectivity index (χ4n) is 3.64. The summed E-state index contributed by atoms with van der Waals surface area (Å²) in [6.45, 7) is 2.34. The van der Waals surface area contributed by atoms with Gasteiger partial charge in [-0.15, -0.1) is 0 Å². The van der Waals surface area contributed by atoms with Gasteiger partial charge in [-0.25, -0.2) is 0 Å². The zero-order valence-electron chi connectivity index (χ0n) is 16.5. The number of nitrogens with zero attached hydrogens (tertiary/aromatic N) is 3. The summed E-state index contributed by atoms with van der Waals surface area (Å²) < 4.78 is 0. The quantitative estimate of drug-likeness (QED) is 0.467. The zero-order valence-corrected chi connectivity index (χ0v) is 17.3. The van der Waals surface area contributed by atoms with Crippen molar-refractivity contribution in [2.45, 2.75) is 0 Å². The minimum Gasteiger partial charge on any atom is -0.368 e. The smallest absolute Gasteiger partial charge is 0.270 e. The topological polar surface area (TPSA) is 112 Å². The van der Waals surface area contributed by atoms with E-state index in [1.54, 1.807) is 11.0 Å². The van der Waals surface area contributed by atoms with Crippen LogP contribution >= 0.6 is 11.6 Å². The van der Waals surface area contributed by atoms with Gasteiger partial charge >= 0.3 is 0 Å². The van der Waals surface area contributed by atoms with Crippen LogP contribution in [-0.4, -0.2) is 59.3 Å². The number of fused-ring (bicyclic) bond motifs is 1. The molecule has 0 radical (unpaired) electrons. The molecule has 1 saturated heterocycles. The fourth-order valence-corrected chi connectivity index (χ4v) is 3.76. The van der Waals surface area contributed by atoms with Crippen LogP contribution in [0.4, 0.5) is 11.4 Å². The maximum Gasteiger partial charge on any atom is 0.270 e. The predicted octanol–water partition coefficient (Wildman–Crippen LogP) is 2.81. The number of benzene rings is 2. The molecule has 0 saturated carbocycles. The summed E-state index contributed by atoms with van der Waals surface area (Å²) >= 11 is 5.93. The highest BCUT2D eigenvalue weighted by molar-refractivity contribution is 6.30. The number of aromatic amines is 1. The van der Waals surface area contributed by atoms with Gasteiger partial charge in [-0.2, -0.15) is 0 Å². The fraction of sp³-hybridized carbons (Fsp3) is 0.238. The number of H-pyrrole nitrogens is 1. The van der Waals surface area contributed by atoms with Crippen LogP contribution in [0.25, 0.3) is 10.9 Å². The van der Waals surface area contributed by atoms with Gasteiger partial charge in [0, 0.05) is 66.1 Å². The molecule has 9 nitrogen and oxygen atoms in total. The molecule has 3 aromatic rings. The molecular weight excluding hydrogens is 422 g/mol. The first-order valence-corrected chi connectivity index (χ1v) is 10.1. The van der Waals surface area contributed by atoms with Gasteiger partial charge in [0.05, 0.1) is 17.0 Å². The number of nitro benzene ring substituents is 1. The van der Waals surface area contributed by atoms with Crippen molar-refractivity contribution in [2.24, 2.45) is 0 Å². The lowest BCUT2D eigenvalue weighted by Gasteiger charge is -2.36. The highest BCUT2D eigenvalue weighted by atomic mass is 35.5. The molecule has 2 aromatic carbocycles. The third kappa shape index (κ3) is 4.46. The van der Waals surface area contributed by atoms with Crippen LogP contribution in [0.2, 0.25) is 5.02 Å². The van der Waals surface area contributed by atoms with Crippen molar-refractivity contribution in [3.05, 3.63) is 69.4 Å². The van der Waals surface area contributed by atoms with Gasteiger partial charge in [0.1, 0.15) is 0 Å². The van der Waals surface area contributed by atoms with E-state index in [0.717, 1.165) is 5.69 Å². The molecule has 2 amide bonds. The largest absolute Gasteiger partial charge is 0.368 e. The number of non-ortho nitro benzene ring substituents is 1. The summed E-state index contributed by atoms with van der Waals surface area (Å²) in [7, 11) is 0. The zero-order chi connectivity index (χ0) is 22.0. The average molecular weight is 442 g/mol. The number of halogens is 1. The van der Waals surface area contributed by atoms with E-state index in [0.29, 0.717) is 42.1 Å². The van der Waals surface area contributed by atoms with Gasteiger partial charge in [-0.1, -0.05) is 11.6 Å². The van der Waals surface area contributed by atoms with E-state index in [1.807, 2.05) is 24.3 Å². The number of hydrogen-bond acceptors (Lipinski definition) is 5. The maximum atomic E-state index is 12.6. The number of aromatic nitrogens is 1. The molecule has 0 aliphatic carbocycles. The second kappa shape index (κ2) is 8.65. The Kier molecular flexibility index (Phi) is 5.77. The Hall–Kier alpha value is -3.59. The third-order valence-electron chi connectivity index (χ3n) is 5.35. The van der Waals surface area contributed by atoms with Crippen LogP contribution in [0.1, 0.15) is 10.4 Å². The number of hydrogen-bond donors (Lipinski definition) is 2. The molecule has 160 valence electrons. The summed E-state index contributed by atoms with van der Waals surface area (Å²) in [5, 5.41) is 14.7. The molecule has 2 heterocycles. The molecule has 1 fully saturated rings. The Morgan fingerprint density at radius 2 is 1.81 bits per heavy atom. The second-order valence-electron chi connectivity index (χ2n) is 7.22. The van der Waals surface area contributed by atoms with Gasteiger partial charge in [0.2, 0.25) is 5.91 Å². The van der Waals surface area contributed by atoms with Crippen molar-refractivity contribution in [1.82, 2.24) is 15.2 Å². The van der Waals surface area contributed by atoms with Gasteiger partial charge in [0.25, 0.3) is 11.6 Å². The van der Waals surface area contributed by atoms with Crippen LogP contribution in [0.3, 0.4) is 0 Å². The van der Waals surface area contributed by atoms with E-state index in [2.05, 4.69) is 15.2 Å². The highest BCUT2D eigenvalue weighted by Crippen LogP contribution is 2.24. The molecule has 0 unspecified atom stereocenters. The Bertz CT molecular complexity index is 1140. The Labute approximate surface area is 182 Å². The third-order valence-corrected chi connectivity index (χ3v) is 5.60. The first-order chi connectivity index (χ1) is 14.9. The summed E-state index contributed by atoms with van der Waals surface area (Å²) in [6.07, 6.45) is 1.49. The van der Waals surface area contributed by atoms with Crippen LogP contribution in [0, 0.1) is 10.1 Å². The first kappa shape index (κ1) is 20.7. The van der Waals surface area contributed by atoms with Crippen LogP contribution in [0.15, 0.2) is 48.7 Å². The molecule has 1 aliphatic rings. The predicted molar refractivity (Wildman–Crippen MR) is 118 cm³/mol. The number of nitro groups is 1. The average Bonchev–Trinajstić information content (AvgIpc) is 3.21. The maximum absolute atomic E-state index is 12.6. The molecule has 0 bridgehead atoms. The van der Waals surface area contributed by atoms with Crippen LogP contribution in [-0.2, 0) is 4.79 Å². The number of nitrogens with one attached hydrogen (secondary N) is 2. The molecule has 10 heteroatoms. The minimum atomic E-state index is -0.513. The summed E-state index contributed by atoms with van der Waals surface area (Å²) in [4.78, 5) is 42.4. The Balaban J connectivity index is 1.33. The molecule has 2 N–H and O–H groups in total. The second-order valence-corrected chi connectivity index (χ2v) is 7.65. The summed E-state index contributed by atoms with van der Waals surface area (Å²) in [5.74, 6) is -0.630. The number of piperazine rings is 1. The lowest BCUT2D eigenvalue weighted by atomic mass is 10.1. The normalized spacial score (nSPS) is 14.0. The minimum absolute atomic E-state index is 0.101. The van der Waals surface area contributed by atoms with E-state index >= 15 is 0 Å². The monoisotopic (exact) mass is 441 g/mol. The van der Waals surface area contributed by atoms with E-state index in [9.17, 15) is 19.7 Å². The van der Waals surface area contributed by atoms with Crippen molar-refractivity contribution in [3.63, 3.8) is 0 Å². The standard InChI is InChI=1S/C21H20ClN5O4/c22-14-1-3-15(4-2-14)25-7-9-26(10-8-25)20(28)13-24-21(29)18-12-23-19-6-5-16(27(30)31)11-17(18)19/h1-6,11-12,23H,7-10,13H2,(H,24,29). The highest BCUT2D eigenvalue weighted by Gasteiger charge is 2.22. The van der Waals surface area contributed by atoms with Crippen LogP contribution in [0.5, 0.6) is 0 Å². The lowest BCUT2D eigenvalue weighted by Crippen LogP contribution is -2.51. The Morgan fingerprint density at radius 1 is 1.10 bits per heavy atom. The van der Waals surface area contributed by atoms with Crippen molar-refractivity contribution in [1.29, 1.82) is 0 Å². The molecule has 1 aromatic heterocycles.